The Morgan fingerprint density at radius 3 is 2.48 bits per heavy atom. The second-order valence-electron chi connectivity index (χ2n) is 5.97. The van der Waals surface area contributed by atoms with Crippen molar-refractivity contribution in [3.8, 4) is 6.07 Å². The number of nitriles is 1. The highest BCUT2D eigenvalue weighted by molar-refractivity contribution is 6.30. The monoisotopic (exact) mass is 356 g/mol. The zero-order valence-electron chi connectivity index (χ0n) is 14.4. The van der Waals surface area contributed by atoms with E-state index in [1.165, 1.54) is 0 Å². The summed E-state index contributed by atoms with van der Waals surface area (Å²) in [5, 5.41) is 12.3. The fourth-order valence-electron chi connectivity index (χ4n) is 2.25. The summed E-state index contributed by atoms with van der Waals surface area (Å²) in [5.41, 5.74) is 2.23. The van der Waals surface area contributed by atoms with Crippen molar-refractivity contribution in [2.45, 2.75) is 6.54 Å². The number of anilines is 1. The molecule has 0 atom stereocenters. The molecule has 2 aromatic carbocycles. The number of hydrogen-bond donors (Lipinski definition) is 1. The van der Waals surface area contributed by atoms with E-state index in [1.54, 1.807) is 41.3 Å². The van der Waals surface area contributed by atoms with Gasteiger partial charge in [0.15, 0.2) is 0 Å². The van der Waals surface area contributed by atoms with Gasteiger partial charge in [-0.25, -0.2) is 4.79 Å². The largest absolute Gasteiger partial charge is 0.322 e. The van der Waals surface area contributed by atoms with Crippen molar-refractivity contribution in [3.05, 3.63) is 64.7 Å². The summed E-state index contributed by atoms with van der Waals surface area (Å²) in [6, 6.07) is 16.2. The average Bonchev–Trinajstić information content (AvgIpc) is 2.59. The average molecular weight is 357 g/mol. The zero-order valence-corrected chi connectivity index (χ0v) is 15.1. The van der Waals surface area contributed by atoms with E-state index in [2.05, 4.69) is 11.4 Å². The summed E-state index contributed by atoms with van der Waals surface area (Å²) in [4.78, 5) is 16.4. The lowest BCUT2D eigenvalue weighted by atomic mass is 10.1. The molecule has 0 saturated carbocycles. The van der Waals surface area contributed by atoms with Gasteiger partial charge in [-0.15, -0.1) is 0 Å². The molecule has 0 bridgehead atoms. The Hall–Kier alpha value is -2.55. The van der Waals surface area contributed by atoms with Crippen LogP contribution in [0.25, 0.3) is 0 Å². The van der Waals surface area contributed by atoms with E-state index in [4.69, 9.17) is 16.9 Å². The Morgan fingerprint density at radius 1 is 1.16 bits per heavy atom. The van der Waals surface area contributed by atoms with Crippen molar-refractivity contribution in [1.82, 2.24) is 9.80 Å². The third-order valence-corrected chi connectivity index (χ3v) is 3.87. The van der Waals surface area contributed by atoms with E-state index in [1.807, 2.05) is 31.1 Å². The van der Waals surface area contributed by atoms with Crippen LogP contribution in [-0.4, -0.2) is 43.0 Å². The molecular weight excluding hydrogens is 336 g/mol. The van der Waals surface area contributed by atoms with Crippen LogP contribution in [0.2, 0.25) is 5.02 Å². The van der Waals surface area contributed by atoms with Crippen molar-refractivity contribution in [1.29, 1.82) is 5.26 Å². The SMILES string of the molecule is CN(C)CCN(Cc1ccc(C#N)cc1)C(=O)Nc1cccc(Cl)c1. The van der Waals surface area contributed by atoms with E-state index in [0.29, 0.717) is 29.4 Å². The molecule has 0 aliphatic carbocycles. The van der Waals surface area contributed by atoms with Crippen LogP contribution in [0.15, 0.2) is 48.5 Å². The molecule has 0 radical (unpaired) electrons. The topological polar surface area (TPSA) is 59.4 Å². The summed E-state index contributed by atoms with van der Waals surface area (Å²) in [5.74, 6) is 0. The van der Waals surface area contributed by atoms with Crippen LogP contribution in [0.3, 0.4) is 0 Å². The molecule has 0 fully saturated rings. The molecule has 130 valence electrons. The predicted octanol–water partition coefficient (Wildman–Crippen LogP) is 3.81. The standard InChI is InChI=1S/C19H21ClN4O/c1-23(2)10-11-24(14-16-8-6-15(13-21)7-9-16)19(25)22-18-5-3-4-17(20)12-18/h3-9,12H,10-11,14H2,1-2H3,(H,22,25). The second kappa shape index (κ2) is 9.07. The summed E-state index contributed by atoms with van der Waals surface area (Å²) in [7, 11) is 3.93. The van der Waals surface area contributed by atoms with Gasteiger partial charge >= 0.3 is 6.03 Å². The maximum atomic E-state index is 12.7. The predicted molar refractivity (Wildman–Crippen MR) is 101 cm³/mol. The zero-order chi connectivity index (χ0) is 18.2. The number of benzene rings is 2. The Labute approximate surface area is 153 Å². The second-order valence-corrected chi connectivity index (χ2v) is 6.41. The summed E-state index contributed by atoms with van der Waals surface area (Å²) in [6.07, 6.45) is 0. The smallest absolute Gasteiger partial charge is 0.319 e. The lowest BCUT2D eigenvalue weighted by Crippen LogP contribution is -2.39. The Bertz CT molecular complexity index is 753. The van der Waals surface area contributed by atoms with E-state index in [0.717, 1.165) is 12.1 Å². The first kappa shape index (κ1) is 18.8. The Balaban J connectivity index is 2.10. The molecule has 2 rings (SSSR count). The number of halogens is 1. The number of likely N-dealkylation sites (N-methyl/N-ethyl adjacent to an activating group) is 1. The summed E-state index contributed by atoms with van der Waals surface area (Å²) < 4.78 is 0. The molecule has 0 aliphatic rings. The van der Waals surface area contributed by atoms with Crippen molar-refractivity contribution in [2.24, 2.45) is 0 Å². The molecule has 0 unspecified atom stereocenters. The number of carbonyl (C=O) groups is 1. The van der Waals surface area contributed by atoms with Crippen LogP contribution in [0, 0.1) is 11.3 Å². The molecule has 0 saturated heterocycles. The number of rotatable bonds is 6. The van der Waals surface area contributed by atoms with Crippen LogP contribution in [-0.2, 0) is 6.54 Å². The first-order valence-corrected chi connectivity index (χ1v) is 8.31. The van der Waals surface area contributed by atoms with E-state index in [9.17, 15) is 4.79 Å². The number of nitrogens with one attached hydrogen (secondary N) is 1. The fraction of sp³-hybridized carbons (Fsp3) is 0.263. The van der Waals surface area contributed by atoms with Crippen molar-refractivity contribution >= 4 is 23.3 Å². The molecule has 2 aromatic rings. The van der Waals surface area contributed by atoms with Gasteiger partial charge in [0.05, 0.1) is 11.6 Å². The van der Waals surface area contributed by atoms with Gasteiger partial charge in [-0.1, -0.05) is 29.8 Å². The number of hydrogen-bond acceptors (Lipinski definition) is 3. The van der Waals surface area contributed by atoms with Crippen LogP contribution in [0.4, 0.5) is 10.5 Å². The summed E-state index contributed by atoms with van der Waals surface area (Å²) in [6.45, 7) is 1.80. The van der Waals surface area contributed by atoms with Crippen LogP contribution in [0.1, 0.15) is 11.1 Å². The first-order chi connectivity index (χ1) is 12.0. The Kier molecular flexibility index (Phi) is 6.81. The lowest BCUT2D eigenvalue weighted by Gasteiger charge is -2.25. The molecule has 0 spiro atoms. The fourth-order valence-corrected chi connectivity index (χ4v) is 2.44. The molecule has 2 amide bonds. The van der Waals surface area contributed by atoms with Gasteiger partial charge in [-0.05, 0) is 50.0 Å². The lowest BCUT2D eigenvalue weighted by molar-refractivity contribution is 0.202. The molecule has 5 nitrogen and oxygen atoms in total. The van der Waals surface area contributed by atoms with Gasteiger partial charge < -0.3 is 15.1 Å². The highest BCUT2D eigenvalue weighted by Crippen LogP contribution is 2.16. The van der Waals surface area contributed by atoms with Gasteiger partial charge in [-0.2, -0.15) is 5.26 Å². The molecular formula is C19H21ClN4O. The van der Waals surface area contributed by atoms with Gasteiger partial charge in [0, 0.05) is 30.3 Å². The molecule has 25 heavy (non-hydrogen) atoms. The third kappa shape index (κ3) is 6.11. The molecule has 1 N–H and O–H groups in total. The molecule has 0 aliphatic heterocycles. The molecule has 6 heteroatoms. The van der Waals surface area contributed by atoms with Gasteiger partial charge in [-0.3, -0.25) is 0 Å². The first-order valence-electron chi connectivity index (χ1n) is 7.93. The van der Waals surface area contributed by atoms with Crippen molar-refractivity contribution in [2.75, 3.05) is 32.5 Å². The minimum absolute atomic E-state index is 0.187. The van der Waals surface area contributed by atoms with Gasteiger partial charge in [0.25, 0.3) is 0 Å². The highest BCUT2D eigenvalue weighted by atomic mass is 35.5. The minimum Gasteiger partial charge on any atom is -0.319 e. The van der Waals surface area contributed by atoms with Crippen LogP contribution in [0.5, 0.6) is 0 Å². The van der Waals surface area contributed by atoms with E-state index < -0.39 is 0 Å². The van der Waals surface area contributed by atoms with E-state index in [-0.39, 0.29) is 6.03 Å². The molecule has 0 aromatic heterocycles. The van der Waals surface area contributed by atoms with Crippen LogP contribution >= 0.6 is 11.6 Å². The van der Waals surface area contributed by atoms with Gasteiger partial charge in [0.1, 0.15) is 0 Å². The van der Waals surface area contributed by atoms with Crippen molar-refractivity contribution < 1.29 is 4.79 Å². The summed E-state index contributed by atoms with van der Waals surface area (Å²) >= 11 is 5.97. The third-order valence-electron chi connectivity index (χ3n) is 3.64. The van der Waals surface area contributed by atoms with E-state index >= 15 is 0 Å². The number of urea groups is 1. The minimum atomic E-state index is -0.187. The van der Waals surface area contributed by atoms with Gasteiger partial charge in [0.2, 0.25) is 0 Å². The maximum absolute atomic E-state index is 12.7. The Morgan fingerprint density at radius 2 is 1.88 bits per heavy atom. The normalized spacial score (nSPS) is 10.4. The number of nitrogens with zero attached hydrogens (tertiary/aromatic N) is 3. The maximum Gasteiger partial charge on any atom is 0.322 e. The highest BCUT2D eigenvalue weighted by Gasteiger charge is 2.14. The number of amides is 2. The number of carbonyl (C=O) groups excluding carboxylic acids is 1. The van der Waals surface area contributed by atoms with Crippen molar-refractivity contribution in [3.63, 3.8) is 0 Å². The quantitative estimate of drug-likeness (QED) is 0.856. The van der Waals surface area contributed by atoms with Crippen LogP contribution < -0.4 is 5.32 Å². The molecule has 0 heterocycles.